The number of unbranched alkanes of at least 4 members (excludes halogenated alkanes) is 1. The maximum Gasteiger partial charge on any atom is 0.279 e. The molecule has 9 heteroatoms. The van der Waals surface area contributed by atoms with Gasteiger partial charge in [-0.25, -0.2) is 13.1 Å². The minimum Gasteiger partial charge on any atom is -0.212 e. The third-order valence-corrected chi connectivity index (χ3v) is 6.55. The fourth-order valence-electron chi connectivity index (χ4n) is 2.16. The standard InChI is InChI=1S/C16H29N3O4S2/c1-5-6-11-19(4)25(22,23)17-12-15-7-9-16(10-8-15)13-24(20,21)18-14(2)3/h7-10,14,17-18H,5-6,11-13H2,1-4H3. The van der Waals surface area contributed by atoms with Crippen LogP contribution in [0, 0.1) is 0 Å². The molecule has 1 aromatic carbocycles. The maximum atomic E-state index is 12.1. The summed E-state index contributed by atoms with van der Waals surface area (Å²) in [6.45, 7) is 6.18. The van der Waals surface area contributed by atoms with Crippen molar-refractivity contribution < 1.29 is 16.8 Å². The van der Waals surface area contributed by atoms with E-state index in [0.717, 1.165) is 18.4 Å². The highest BCUT2D eigenvalue weighted by Crippen LogP contribution is 2.09. The van der Waals surface area contributed by atoms with Gasteiger partial charge in [-0.1, -0.05) is 37.6 Å². The van der Waals surface area contributed by atoms with E-state index in [1.54, 1.807) is 45.2 Å². The Kier molecular flexibility index (Phi) is 8.49. The molecule has 0 unspecified atom stereocenters. The van der Waals surface area contributed by atoms with Crippen LogP contribution in [0.3, 0.4) is 0 Å². The van der Waals surface area contributed by atoms with Crippen LogP contribution >= 0.6 is 0 Å². The summed E-state index contributed by atoms with van der Waals surface area (Å²) in [6.07, 6.45) is 1.74. The Hall–Kier alpha value is -1.00. The van der Waals surface area contributed by atoms with E-state index in [-0.39, 0.29) is 18.3 Å². The van der Waals surface area contributed by atoms with Crippen LogP contribution in [0.15, 0.2) is 24.3 Å². The van der Waals surface area contributed by atoms with Crippen LogP contribution in [0.25, 0.3) is 0 Å². The van der Waals surface area contributed by atoms with Gasteiger partial charge in [0.2, 0.25) is 10.0 Å². The van der Waals surface area contributed by atoms with Gasteiger partial charge in [0.25, 0.3) is 10.2 Å². The molecule has 0 atom stereocenters. The highest BCUT2D eigenvalue weighted by Gasteiger charge is 2.16. The Morgan fingerprint density at radius 1 is 1.04 bits per heavy atom. The summed E-state index contributed by atoms with van der Waals surface area (Å²) in [5, 5.41) is 0. The van der Waals surface area contributed by atoms with Crippen molar-refractivity contribution in [2.24, 2.45) is 0 Å². The van der Waals surface area contributed by atoms with E-state index < -0.39 is 20.2 Å². The van der Waals surface area contributed by atoms with E-state index in [0.29, 0.717) is 12.1 Å². The van der Waals surface area contributed by atoms with Gasteiger partial charge >= 0.3 is 0 Å². The summed E-state index contributed by atoms with van der Waals surface area (Å²) in [4.78, 5) is 0. The molecule has 25 heavy (non-hydrogen) atoms. The summed E-state index contributed by atoms with van der Waals surface area (Å²) < 4.78 is 54.4. The molecule has 1 rings (SSSR count). The van der Waals surface area contributed by atoms with E-state index in [1.807, 2.05) is 6.92 Å². The molecule has 0 saturated heterocycles. The molecule has 144 valence electrons. The number of nitrogens with one attached hydrogen (secondary N) is 2. The van der Waals surface area contributed by atoms with Crippen LogP contribution in [0.4, 0.5) is 0 Å². The molecule has 0 heterocycles. The second-order valence-corrected chi connectivity index (χ2v) is 9.97. The van der Waals surface area contributed by atoms with Crippen molar-refractivity contribution >= 4 is 20.2 Å². The second-order valence-electron chi connectivity index (χ2n) is 6.35. The van der Waals surface area contributed by atoms with Gasteiger partial charge in [0.05, 0.1) is 5.75 Å². The Bertz CT molecular complexity index is 729. The lowest BCUT2D eigenvalue weighted by Crippen LogP contribution is -2.38. The Morgan fingerprint density at radius 2 is 1.60 bits per heavy atom. The van der Waals surface area contributed by atoms with Crippen molar-refractivity contribution in [1.82, 2.24) is 13.7 Å². The van der Waals surface area contributed by atoms with Crippen LogP contribution in [-0.2, 0) is 32.5 Å². The van der Waals surface area contributed by atoms with E-state index in [9.17, 15) is 16.8 Å². The average molecular weight is 392 g/mol. The van der Waals surface area contributed by atoms with Crippen LogP contribution in [0.1, 0.15) is 44.7 Å². The minimum absolute atomic E-state index is 0.100. The lowest BCUT2D eigenvalue weighted by Gasteiger charge is -2.17. The fourth-order valence-corrected chi connectivity index (χ4v) is 4.53. The molecule has 0 fully saturated rings. The Labute approximate surface area is 152 Å². The predicted octanol–water partition coefficient (Wildman–Crippen LogP) is 1.58. The highest BCUT2D eigenvalue weighted by atomic mass is 32.2. The van der Waals surface area contributed by atoms with Gasteiger partial charge in [-0.2, -0.15) is 17.4 Å². The van der Waals surface area contributed by atoms with Gasteiger partial charge in [0, 0.05) is 26.2 Å². The molecule has 0 aromatic heterocycles. The molecular formula is C16H29N3O4S2. The maximum absolute atomic E-state index is 12.1. The van der Waals surface area contributed by atoms with Crippen molar-refractivity contribution in [3.8, 4) is 0 Å². The fraction of sp³-hybridized carbons (Fsp3) is 0.625. The number of hydrogen-bond donors (Lipinski definition) is 2. The number of sulfonamides is 1. The Morgan fingerprint density at radius 3 is 2.12 bits per heavy atom. The Balaban J connectivity index is 2.63. The third-order valence-electron chi connectivity index (χ3n) is 3.49. The van der Waals surface area contributed by atoms with Crippen molar-refractivity contribution in [2.75, 3.05) is 13.6 Å². The van der Waals surface area contributed by atoms with E-state index in [2.05, 4.69) is 9.44 Å². The smallest absolute Gasteiger partial charge is 0.212 e. The first kappa shape index (κ1) is 22.0. The van der Waals surface area contributed by atoms with Gasteiger partial charge < -0.3 is 0 Å². The van der Waals surface area contributed by atoms with Gasteiger partial charge in [-0.3, -0.25) is 0 Å². The number of rotatable bonds is 11. The van der Waals surface area contributed by atoms with Gasteiger partial charge in [0.1, 0.15) is 0 Å². The van der Waals surface area contributed by atoms with Crippen LogP contribution < -0.4 is 9.44 Å². The first-order valence-electron chi connectivity index (χ1n) is 8.34. The first-order valence-corrected chi connectivity index (χ1v) is 11.4. The minimum atomic E-state index is -3.51. The van der Waals surface area contributed by atoms with Crippen molar-refractivity contribution in [1.29, 1.82) is 0 Å². The monoisotopic (exact) mass is 391 g/mol. The van der Waals surface area contributed by atoms with Crippen LogP contribution in [0.5, 0.6) is 0 Å². The molecule has 7 nitrogen and oxygen atoms in total. The largest absolute Gasteiger partial charge is 0.279 e. The van der Waals surface area contributed by atoms with E-state index in [1.165, 1.54) is 4.31 Å². The molecule has 0 bridgehead atoms. The number of benzene rings is 1. The molecule has 0 spiro atoms. The van der Waals surface area contributed by atoms with Gasteiger partial charge in [-0.05, 0) is 31.4 Å². The lowest BCUT2D eigenvalue weighted by atomic mass is 10.1. The van der Waals surface area contributed by atoms with Gasteiger partial charge in [-0.15, -0.1) is 0 Å². The molecular weight excluding hydrogens is 362 g/mol. The first-order chi connectivity index (χ1) is 11.6. The van der Waals surface area contributed by atoms with Crippen molar-refractivity contribution in [3.63, 3.8) is 0 Å². The van der Waals surface area contributed by atoms with Crippen LogP contribution in [0.2, 0.25) is 0 Å². The normalized spacial score (nSPS) is 12.9. The zero-order valence-corrected chi connectivity index (χ0v) is 17.0. The molecule has 0 aliphatic heterocycles. The SMILES string of the molecule is CCCCN(C)S(=O)(=O)NCc1ccc(CS(=O)(=O)NC(C)C)cc1. The highest BCUT2D eigenvalue weighted by molar-refractivity contribution is 7.88. The number of nitrogens with zero attached hydrogens (tertiary/aromatic N) is 1. The summed E-state index contributed by atoms with van der Waals surface area (Å²) in [5.74, 6) is -0.100. The quantitative estimate of drug-likeness (QED) is 0.599. The van der Waals surface area contributed by atoms with Crippen LogP contribution in [-0.4, -0.2) is 40.8 Å². The second kappa shape index (κ2) is 9.63. The molecule has 0 amide bonds. The summed E-state index contributed by atoms with van der Waals surface area (Å²) in [5.41, 5.74) is 1.42. The molecule has 0 radical (unpaired) electrons. The topological polar surface area (TPSA) is 95.6 Å². The summed E-state index contributed by atoms with van der Waals surface area (Å²) >= 11 is 0. The summed E-state index contributed by atoms with van der Waals surface area (Å²) in [7, 11) is -5.33. The van der Waals surface area contributed by atoms with E-state index in [4.69, 9.17) is 0 Å². The number of hydrogen-bond acceptors (Lipinski definition) is 4. The summed E-state index contributed by atoms with van der Waals surface area (Å²) in [6, 6.07) is 6.71. The molecule has 2 N–H and O–H groups in total. The van der Waals surface area contributed by atoms with Gasteiger partial charge in [0.15, 0.2) is 0 Å². The van der Waals surface area contributed by atoms with Crippen molar-refractivity contribution in [2.45, 2.75) is 52.0 Å². The lowest BCUT2D eigenvalue weighted by molar-refractivity contribution is 0.448. The predicted molar refractivity (Wildman–Crippen MR) is 101 cm³/mol. The zero-order chi connectivity index (χ0) is 19.1. The zero-order valence-electron chi connectivity index (χ0n) is 15.3. The molecule has 0 aliphatic rings. The molecule has 0 saturated carbocycles. The van der Waals surface area contributed by atoms with E-state index >= 15 is 0 Å². The van der Waals surface area contributed by atoms with Crippen molar-refractivity contribution in [3.05, 3.63) is 35.4 Å². The molecule has 0 aliphatic carbocycles. The third kappa shape index (κ3) is 8.28. The molecule has 1 aromatic rings. The average Bonchev–Trinajstić information content (AvgIpc) is 2.50.